The van der Waals surface area contributed by atoms with Crippen LogP contribution in [0.25, 0.3) is 10.8 Å². The van der Waals surface area contributed by atoms with Gasteiger partial charge in [-0.3, -0.25) is 4.98 Å². The lowest BCUT2D eigenvalue weighted by Gasteiger charge is -2.32. The van der Waals surface area contributed by atoms with Crippen LogP contribution in [0.15, 0.2) is 60.8 Å². The quantitative estimate of drug-likeness (QED) is 0.695. The van der Waals surface area contributed by atoms with Crippen molar-refractivity contribution in [3.05, 3.63) is 77.6 Å². The zero-order chi connectivity index (χ0) is 14.4. The molecule has 102 valence electrons. The summed E-state index contributed by atoms with van der Waals surface area (Å²) in [5.74, 6) is -2.40. The summed E-state index contributed by atoms with van der Waals surface area (Å²) in [5, 5.41) is 12.6. The minimum atomic E-state index is -1.85. The van der Waals surface area contributed by atoms with Crippen molar-refractivity contribution in [2.24, 2.45) is 0 Å². The number of cyclic esters (lactones) is 1. The molecule has 4 heteroatoms. The molecule has 0 saturated heterocycles. The molecule has 1 unspecified atom stereocenters. The van der Waals surface area contributed by atoms with Crippen molar-refractivity contribution in [1.82, 2.24) is 4.98 Å². The fourth-order valence-corrected chi connectivity index (χ4v) is 2.79. The highest BCUT2D eigenvalue weighted by molar-refractivity contribution is 6.08. The lowest BCUT2D eigenvalue weighted by Crippen LogP contribution is -2.37. The summed E-state index contributed by atoms with van der Waals surface area (Å²) in [7, 11) is 0. The van der Waals surface area contributed by atoms with Crippen LogP contribution >= 0.6 is 0 Å². The molecule has 4 rings (SSSR count). The monoisotopic (exact) mass is 277 g/mol. The molecule has 0 aliphatic carbocycles. The highest BCUT2D eigenvalue weighted by Crippen LogP contribution is 2.40. The van der Waals surface area contributed by atoms with Gasteiger partial charge in [-0.1, -0.05) is 36.4 Å². The number of rotatable bonds is 1. The third-order valence-electron chi connectivity index (χ3n) is 3.74. The normalized spacial score (nSPS) is 20.3. The maximum atomic E-state index is 12.3. The molecule has 1 aliphatic rings. The van der Waals surface area contributed by atoms with Crippen LogP contribution < -0.4 is 0 Å². The molecule has 2 heterocycles. The largest absolute Gasteiger partial charge is 0.419 e. The number of ether oxygens (including phenoxy) is 1. The van der Waals surface area contributed by atoms with E-state index >= 15 is 0 Å². The minimum Gasteiger partial charge on any atom is -0.419 e. The van der Waals surface area contributed by atoms with Gasteiger partial charge in [-0.2, -0.15) is 0 Å². The van der Waals surface area contributed by atoms with E-state index in [0.29, 0.717) is 22.2 Å². The summed E-state index contributed by atoms with van der Waals surface area (Å²) in [6, 6.07) is 16.0. The van der Waals surface area contributed by atoms with E-state index in [9.17, 15) is 9.90 Å². The van der Waals surface area contributed by atoms with E-state index in [0.717, 1.165) is 5.39 Å². The van der Waals surface area contributed by atoms with Gasteiger partial charge >= 0.3 is 5.97 Å². The van der Waals surface area contributed by atoms with Crippen molar-refractivity contribution in [3.8, 4) is 0 Å². The Morgan fingerprint density at radius 2 is 1.81 bits per heavy atom. The van der Waals surface area contributed by atoms with E-state index in [2.05, 4.69) is 4.98 Å². The SMILES string of the molecule is O=C1OC(O)(c2ccccn2)c2cccc3cccc1c23. The fourth-order valence-electron chi connectivity index (χ4n) is 2.79. The Morgan fingerprint density at radius 1 is 1.00 bits per heavy atom. The molecule has 1 N–H and O–H groups in total. The van der Waals surface area contributed by atoms with E-state index in [4.69, 9.17) is 4.74 Å². The second-order valence-electron chi connectivity index (χ2n) is 4.96. The van der Waals surface area contributed by atoms with Gasteiger partial charge in [0.05, 0.1) is 5.56 Å². The number of aromatic nitrogens is 1. The Balaban J connectivity index is 2.10. The Labute approximate surface area is 120 Å². The van der Waals surface area contributed by atoms with Gasteiger partial charge in [0.25, 0.3) is 5.79 Å². The summed E-state index contributed by atoms with van der Waals surface area (Å²) in [6.45, 7) is 0. The number of carbonyl (C=O) groups is 1. The zero-order valence-electron chi connectivity index (χ0n) is 11.0. The second kappa shape index (κ2) is 4.14. The highest BCUT2D eigenvalue weighted by atomic mass is 16.7. The van der Waals surface area contributed by atoms with Crippen LogP contribution in [0.2, 0.25) is 0 Å². The predicted octanol–water partition coefficient (Wildman–Crippen LogP) is 2.60. The fraction of sp³-hybridized carbons (Fsp3) is 0.0588. The van der Waals surface area contributed by atoms with Gasteiger partial charge in [0.15, 0.2) is 0 Å². The number of benzene rings is 2. The number of carbonyl (C=O) groups excluding carboxylic acids is 1. The molecule has 0 spiro atoms. The maximum Gasteiger partial charge on any atom is 0.341 e. The lowest BCUT2D eigenvalue weighted by atomic mass is 9.90. The molecular formula is C17H11NO3. The van der Waals surface area contributed by atoms with Crippen LogP contribution in [0.3, 0.4) is 0 Å². The smallest absolute Gasteiger partial charge is 0.341 e. The van der Waals surface area contributed by atoms with Crippen molar-refractivity contribution in [1.29, 1.82) is 0 Å². The first-order valence-electron chi connectivity index (χ1n) is 6.59. The molecule has 4 nitrogen and oxygen atoms in total. The summed E-state index contributed by atoms with van der Waals surface area (Å²) >= 11 is 0. The molecule has 0 saturated carbocycles. The third-order valence-corrected chi connectivity index (χ3v) is 3.74. The van der Waals surface area contributed by atoms with Crippen LogP contribution in [-0.4, -0.2) is 16.1 Å². The molecule has 0 fully saturated rings. The van der Waals surface area contributed by atoms with Gasteiger partial charge < -0.3 is 9.84 Å². The number of pyridine rings is 1. The van der Waals surface area contributed by atoms with Crippen LogP contribution in [0.4, 0.5) is 0 Å². The van der Waals surface area contributed by atoms with Crippen LogP contribution in [-0.2, 0) is 10.5 Å². The molecule has 3 aromatic rings. The van der Waals surface area contributed by atoms with Gasteiger partial charge in [0, 0.05) is 17.1 Å². The summed E-state index contributed by atoms with van der Waals surface area (Å²) in [4.78, 5) is 16.4. The van der Waals surface area contributed by atoms with Gasteiger partial charge in [0.1, 0.15) is 5.69 Å². The summed E-state index contributed by atoms with van der Waals surface area (Å²) in [5.41, 5.74) is 1.29. The van der Waals surface area contributed by atoms with Crippen LogP contribution in [0, 0.1) is 0 Å². The Hall–Kier alpha value is -2.72. The molecule has 0 radical (unpaired) electrons. The van der Waals surface area contributed by atoms with Crippen molar-refractivity contribution in [3.63, 3.8) is 0 Å². The van der Waals surface area contributed by atoms with E-state index in [-0.39, 0.29) is 0 Å². The Bertz CT molecular complexity index is 855. The summed E-state index contributed by atoms with van der Waals surface area (Å²) in [6.07, 6.45) is 1.56. The molecule has 2 aromatic carbocycles. The molecule has 1 aliphatic heterocycles. The standard InChI is InChI=1S/C17H11NO3/c19-16-12-7-3-5-11-6-4-8-13(15(11)12)17(20,21-16)14-9-1-2-10-18-14/h1-10,20H. The molecule has 0 bridgehead atoms. The van der Waals surface area contributed by atoms with Gasteiger partial charge in [0.2, 0.25) is 0 Å². The molecule has 1 aromatic heterocycles. The number of esters is 1. The van der Waals surface area contributed by atoms with E-state index in [1.807, 2.05) is 18.2 Å². The molecule has 21 heavy (non-hydrogen) atoms. The Kier molecular flexibility index (Phi) is 2.37. The lowest BCUT2D eigenvalue weighted by molar-refractivity contribution is -0.144. The van der Waals surface area contributed by atoms with Gasteiger partial charge in [-0.25, -0.2) is 4.79 Å². The Morgan fingerprint density at radius 3 is 2.57 bits per heavy atom. The van der Waals surface area contributed by atoms with Crippen molar-refractivity contribution >= 4 is 16.7 Å². The topological polar surface area (TPSA) is 59.4 Å². The predicted molar refractivity (Wildman–Crippen MR) is 76.6 cm³/mol. The van der Waals surface area contributed by atoms with E-state index in [1.165, 1.54) is 0 Å². The van der Waals surface area contributed by atoms with Gasteiger partial charge in [-0.05, 0) is 23.6 Å². The average molecular weight is 277 g/mol. The second-order valence-corrected chi connectivity index (χ2v) is 4.96. The van der Waals surface area contributed by atoms with Crippen molar-refractivity contribution in [2.45, 2.75) is 5.79 Å². The maximum absolute atomic E-state index is 12.3. The van der Waals surface area contributed by atoms with Crippen molar-refractivity contribution < 1.29 is 14.6 Å². The molecule has 1 atom stereocenters. The number of hydrogen-bond donors (Lipinski definition) is 1. The summed E-state index contributed by atoms with van der Waals surface area (Å²) < 4.78 is 5.33. The van der Waals surface area contributed by atoms with Gasteiger partial charge in [-0.15, -0.1) is 0 Å². The number of aliphatic hydroxyl groups is 1. The van der Waals surface area contributed by atoms with Crippen molar-refractivity contribution in [2.75, 3.05) is 0 Å². The highest BCUT2D eigenvalue weighted by Gasteiger charge is 2.43. The number of hydrogen-bond acceptors (Lipinski definition) is 4. The average Bonchev–Trinajstić information content (AvgIpc) is 2.53. The first-order valence-corrected chi connectivity index (χ1v) is 6.59. The van der Waals surface area contributed by atoms with Crippen LogP contribution in [0.5, 0.6) is 0 Å². The first kappa shape index (κ1) is 12.1. The van der Waals surface area contributed by atoms with Crippen LogP contribution in [0.1, 0.15) is 21.6 Å². The molecular weight excluding hydrogens is 266 g/mol. The first-order chi connectivity index (χ1) is 10.2. The minimum absolute atomic E-state index is 0.292. The third kappa shape index (κ3) is 1.60. The zero-order valence-corrected chi connectivity index (χ0v) is 11.0. The van der Waals surface area contributed by atoms with E-state index < -0.39 is 11.8 Å². The number of nitrogens with zero attached hydrogens (tertiary/aromatic N) is 1. The molecule has 0 amide bonds. The van der Waals surface area contributed by atoms with E-state index in [1.54, 1.807) is 42.6 Å².